The molecular weight excluding hydrogens is 536 g/mol. The molecule has 5 unspecified atom stereocenters. The maximum atomic E-state index is 13.3. The number of benzene rings is 1. The number of aromatic amines is 2. The zero-order valence-electron chi connectivity index (χ0n) is 22.3. The second-order valence-corrected chi connectivity index (χ2v) is 9.64. The average Bonchev–Trinajstić information content (AvgIpc) is 3.58. The van der Waals surface area contributed by atoms with Gasteiger partial charge in [-0.25, -0.2) is 9.78 Å². The van der Waals surface area contributed by atoms with Crippen LogP contribution in [-0.2, 0) is 36.8 Å². The summed E-state index contributed by atoms with van der Waals surface area (Å²) in [7, 11) is 0. The van der Waals surface area contributed by atoms with E-state index in [1.807, 2.05) is 24.3 Å². The van der Waals surface area contributed by atoms with Gasteiger partial charge in [0.1, 0.15) is 18.1 Å². The molecule has 0 fully saturated rings. The van der Waals surface area contributed by atoms with E-state index in [9.17, 15) is 34.2 Å². The minimum absolute atomic E-state index is 0.0537. The second kappa shape index (κ2) is 14.0. The summed E-state index contributed by atoms with van der Waals surface area (Å²) < 4.78 is 0. The molecule has 0 aliphatic carbocycles. The Kier molecular flexibility index (Phi) is 10.5. The van der Waals surface area contributed by atoms with Crippen molar-refractivity contribution in [2.75, 3.05) is 0 Å². The van der Waals surface area contributed by atoms with Gasteiger partial charge in [0.25, 0.3) is 0 Å². The number of carbonyl (C=O) groups excluding carboxylic acids is 4. The summed E-state index contributed by atoms with van der Waals surface area (Å²) in [6.45, 7) is 1.23. The van der Waals surface area contributed by atoms with Gasteiger partial charge in [-0.3, -0.25) is 19.2 Å². The summed E-state index contributed by atoms with van der Waals surface area (Å²) in [6, 6.07) is 2.18. The highest BCUT2D eigenvalue weighted by molar-refractivity contribution is 5.95. The molecule has 0 saturated heterocycles. The molecule has 15 heteroatoms. The van der Waals surface area contributed by atoms with Gasteiger partial charge < -0.3 is 47.6 Å². The number of amides is 4. The number of carboxylic acids is 1. The number of H-pyrrole nitrogens is 2. The van der Waals surface area contributed by atoms with E-state index in [1.54, 1.807) is 6.20 Å². The SMILES string of the molecule is CC(O)C(NC(=O)C(Cc1cnc[nH]1)NC(=O)C(N)Cc1c[nH]c2ccccc12)C(=O)NC(CCC(N)=O)C(=O)O. The molecule has 11 N–H and O–H groups in total. The Morgan fingerprint density at radius 2 is 1.68 bits per heavy atom. The molecule has 2 aromatic heterocycles. The number of para-hydroxylation sites is 1. The first kappa shape index (κ1) is 30.8. The molecule has 3 aromatic rings. The fourth-order valence-corrected chi connectivity index (χ4v) is 4.20. The van der Waals surface area contributed by atoms with Crippen molar-refractivity contribution in [2.45, 2.75) is 62.9 Å². The van der Waals surface area contributed by atoms with Crippen molar-refractivity contribution in [3.8, 4) is 0 Å². The van der Waals surface area contributed by atoms with Gasteiger partial charge in [0.2, 0.25) is 23.6 Å². The lowest BCUT2D eigenvalue weighted by atomic mass is 10.0. The zero-order chi connectivity index (χ0) is 30.1. The monoisotopic (exact) mass is 570 g/mol. The molecule has 5 atom stereocenters. The fraction of sp³-hybridized carbons (Fsp3) is 0.385. The molecule has 0 bridgehead atoms. The number of nitrogens with two attached hydrogens (primary N) is 2. The fourth-order valence-electron chi connectivity index (χ4n) is 4.20. The number of fused-ring (bicyclic) bond motifs is 1. The minimum atomic E-state index is -1.58. The number of nitrogens with one attached hydrogen (secondary N) is 5. The molecule has 0 aliphatic rings. The van der Waals surface area contributed by atoms with Crippen LogP contribution in [0.2, 0.25) is 0 Å². The Balaban J connectivity index is 1.72. The number of nitrogens with zero attached hydrogens (tertiary/aromatic N) is 1. The van der Waals surface area contributed by atoms with Crippen molar-refractivity contribution in [1.29, 1.82) is 0 Å². The molecule has 15 nitrogen and oxygen atoms in total. The highest BCUT2D eigenvalue weighted by atomic mass is 16.4. The van der Waals surface area contributed by atoms with E-state index in [0.29, 0.717) is 5.69 Å². The molecule has 4 amide bonds. The molecule has 0 saturated carbocycles. The molecule has 1 aromatic carbocycles. The number of aliphatic carboxylic acids is 1. The molecule has 0 spiro atoms. The first-order chi connectivity index (χ1) is 19.5. The lowest BCUT2D eigenvalue weighted by molar-refractivity contribution is -0.143. The smallest absolute Gasteiger partial charge is 0.326 e. The van der Waals surface area contributed by atoms with Gasteiger partial charge in [-0.05, 0) is 31.4 Å². The summed E-state index contributed by atoms with van der Waals surface area (Å²) in [5.74, 6) is -4.66. The molecule has 3 rings (SSSR count). The van der Waals surface area contributed by atoms with Crippen molar-refractivity contribution in [3.05, 3.63) is 54.2 Å². The van der Waals surface area contributed by atoms with Crippen LogP contribution in [0.1, 0.15) is 31.0 Å². The third-order valence-corrected chi connectivity index (χ3v) is 6.42. The van der Waals surface area contributed by atoms with Crippen LogP contribution < -0.4 is 27.4 Å². The summed E-state index contributed by atoms with van der Waals surface area (Å²) in [6.07, 6.45) is 2.68. The molecule has 41 heavy (non-hydrogen) atoms. The Morgan fingerprint density at radius 3 is 2.32 bits per heavy atom. The summed E-state index contributed by atoms with van der Waals surface area (Å²) >= 11 is 0. The maximum absolute atomic E-state index is 13.3. The van der Waals surface area contributed by atoms with Gasteiger partial charge in [-0.2, -0.15) is 0 Å². The van der Waals surface area contributed by atoms with Gasteiger partial charge in [0.15, 0.2) is 0 Å². The van der Waals surface area contributed by atoms with Gasteiger partial charge in [0.05, 0.1) is 18.5 Å². The number of carboxylic acid groups (broad SMARTS) is 1. The van der Waals surface area contributed by atoms with Gasteiger partial charge in [-0.1, -0.05) is 18.2 Å². The van der Waals surface area contributed by atoms with Gasteiger partial charge in [0, 0.05) is 41.8 Å². The number of hydrogen-bond donors (Lipinski definition) is 9. The lowest BCUT2D eigenvalue weighted by Gasteiger charge is -2.26. The quantitative estimate of drug-likeness (QED) is 0.0995. The second-order valence-electron chi connectivity index (χ2n) is 9.64. The van der Waals surface area contributed by atoms with Crippen LogP contribution in [0.5, 0.6) is 0 Å². The number of aliphatic hydroxyl groups is 1. The first-order valence-corrected chi connectivity index (χ1v) is 12.8. The Bertz CT molecular complexity index is 1370. The summed E-state index contributed by atoms with van der Waals surface area (Å²) in [4.78, 5) is 71.6. The number of rotatable bonds is 15. The molecular formula is C26H34N8O7. The van der Waals surface area contributed by atoms with Crippen LogP contribution in [0.3, 0.4) is 0 Å². The number of aromatic nitrogens is 3. The van der Waals surface area contributed by atoms with Crippen molar-refractivity contribution < 1.29 is 34.2 Å². The van der Waals surface area contributed by atoms with E-state index in [0.717, 1.165) is 16.5 Å². The standard InChI is InChI=1S/C26H34N8O7/c1-13(35)22(25(39)32-19(26(40)41)6-7-21(28)36)34-24(38)20(9-15-11-29-12-31-15)33-23(37)17(27)8-14-10-30-18-5-3-2-4-16(14)18/h2-5,10-13,17,19-20,22,30,35H,6-9,27H2,1H3,(H2,28,36)(H,29,31)(H,32,39)(H,33,37)(H,34,38)(H,40,41). The van der Waals surface area contributed by atoms with Crippen LogP contribution in [0, 0.1) is 0 Å². The van der Waals surface area contributed by atoms with Crippen LogP contribution in [-0.4, -0.2) is 85.0 Å². The molecule has 2 heterocycles. The predicted octanol–water partition coefficient (Wildman–Crippen LogP) is -1.81. The van der Waals surface area contributed by atoms with E-state index in [-0.39, 0.29) is 25.7 Å². The van der Waals surface area contributed by atoms with E-state index < -0.39 is 59.9 Å². The van der Waals surface area contributed by atoms with Crippen LogP contribution in [0.15, 0.2) is 43.0 Å². The third kappa shape index (κ3) is 8.61. The Labute approximate surface area is 234 Å². The third-order valence-electron chi connectivity index (χ3n) is 6.42. The normalized spacial score (nSPS) is 14.8. The topological polar surface area (TPSA) is 258 Å². The van der Waals surface area contributed by atoms with Crippen molar-refractivity contribution in [1.82, 2.24) is 30.9 Å². The Hall–Kier alpha value is -4.76. The minimum Gasteiger partial charge on any atom is -0.480 e. The number of carbonyl (C=O) groups is 5. The van der Waals surface area contributed by atoms with E-state index >= 15 is 0 Å². The largest absolute Gasteiger partial charge is 0.480 e. The van der Waals surface area contributed by atoms with E-state index in [2.05, 4.69) is 30.9 Å². The maximum Gasteiger partial charge on any atom is 0.326 e. The van der Waals surface area contributed by atoms with Gasteiger partial charge in [-0.15, -0.1) is 0 Å². The highest BCUT2D eigenvalue weighted by Gasteiger charge is 2.33. The summed E-state index contributed by atoms with van der Waals surface area (Å²) in [5.41, 5.74) is 13.4. The van der Waals surface area contributed by atoms with E-state index in [1.165, 1.54) is 19.4 Å². The molecule has 0 radical (unpaired) electrons. The number of primary amides is 1. The van der Waals surface area contributed by atoms with Crippen LogP contribution in [0.4, 0.5) is 0 Å². The number of imidazole rings is 1. The lowest BCUT2D eigenvalue weighted by Crippen LogP contribution is -2.60. The van der Waals surface area contributed by atoms with Gasteiger partial charge >= 0.3 is 5.97 Å². The van der Waals surface area contributed by atoms with Crippen LogP contribution >= 0.6 is 0 Å². The van der Waals surface area contributed by atoms with Crippen LogP contribution in [0.25, 0.3) is 10.9 Å². The molecule has 0 aliphatic heterocycles. The Morgan fingerprint density at radius 1 is 0.976 bits per heavy atom. The van der Waals surface area contributed by atoms with Crippen molar-refractivity contribution >= 4 is 40.5 Å². The van der Waals surface area contributed by atoms with Crippen molar-refractivity contribution in [2.24, 2.45) is 11.5 Å². The zero-order valence-corrected chi connectivity index (χ0v) is 22.3. The average molecular weight is 571 g/mol. The molecule has 220 valence electrons. The highest BCUT2D eigenvalue weighted by Crippen LogP contribution is 2.19. The summed E-state index contributed by atoms with van der Waals surface area (Å²) in [5, 5.41) is 27.7. The predicted molar refractivity (Wildman–Crippen MR) is 146 cm³/mol. The van der Waals surface area contributed by atoms with Crippen molar-refractivity contribution in [3.63, 3.8) is 0 Å². The number of hydrogen-bond acceptors (Lipinski definition) is 8. The first-order valence-electron chi connectivity index (χ1n) is 12.8. The van der Waals surface area contributed by atoms with E-state index in [4.69, 9.17) is 11.5 Å². The number of aliphatic hydroxyl groups excluding tert-OH is 1.